The molecule has 5 atom stereocenters. The molecule has 0 aliphatic heterocycles. The van der Waals surface area contributed by atoms with Crippen LogP contribution in [0.4, 0.5) is 0 Å². The van der Waals surface area contributed by atoms with E-state index in [1.54, 1.807) is 0 Å². The molecular formula is C31H32O15. The minimum atomic E-state index is -2.49. The van der Waals surface area contributed by atoms with Crippen molar-refractivity contribution < 1.29 is 73.9 Å². The Labute approximate surface area is 261 Å². The molecule has 0 bridgehead atoms. The smallest absolute Gasteiger partial charge is 0.348 e. The van der Waals surface area contributed by atoms with Gasteiger partial charge in [0.15, 0.2) is 29.1 Å². The van der Waals surface area contributed by atoms with Crippen LogP contribution in [0, 0.1) is 0 Å². The lowest BCUT2D eigenvalue weighted by atomic mass is 9.79. The van der Waals surface area contributed by atoms with E-state index in [1.807, 2.05) is 0 Å². The van der Waals surface area contributed by atoms with Crippen molar-refractivity contribution in [1.29, 1.82) is 0 Å². The highest BCUT2D eigenvalue weighted by Crippen LogP contribution is 2.37. The number of carboxylic acid groups (broad SMARTS) is 1. The van der Waals surface area contributed by atoms with Crippen LogP contribution in [-0.4, -0.2) is 96.7 Å². The van der Waals surface area contributed by atoms with Crippen molar-refractivity contribution in [3.05, 3.63) is 72.0 Å². The molecule has 2 aromatic carbocycles. The minimum absolute atomic E-state index is 0.137. The number of phenolic OH excluding ortho intramolecular Hbond substituents is 4. The largest absolute Gasteiger partial charge is 0.504 e. The van der Waals surface area contributed by atoms with E-state index < -0.39 is 90.4 Å². The number of benzene rings is 2. The molecule has 7 N–H and O–H groups in total. The summed E-state index contributed by atoms with van der Waals surface area (Å²) in [6.07, 6.45) is -4.42. The zero-order valence-electron chi connectivity index (χ0n) is 24.3. The third kappa shape index (κ3) is 8.99. The molecule has 1 fully saturated rings. The van der Waals surface area contributed by atoms with Crippen LogP contribution in [0.1, 0.15) is 30.4 Å². The van der Waals surface area contributed by atoms with E-state index in [0.717, 1.165) is 19.3 Å². The number of esters is 3. The van der Waals surface area contributed by atoms with Crippen LogP contribution in [0.3, 0.4) is 0 Å². The summed E-state index contributed by atoms with van der Waals surface area (Å²) in [6.45, 7) is 3.69. The standard InChI is InChI=1S/C31H32O15/c1-16(3-4-17-5-8-19(32)21(34)11-17)44-24-14-31(30(41)42,46-27(38)13-23(36)29(40)43-2)15-25(28(24)39)45-26(37)10-7-18-6-9-20(33)22(35)12-18/h3-12,23-25,28,32-36,39H,1,13-15H2,2H3,(H,41,42)/b4-3+,10-7+. The molecule has 0 amide bonds. The molecule has 46 heavy (non-hydrogen) atoms. The maximum atomic E-state index is 12.7. The third-order valence-electron chi connectivity index (χ3n) is 6.80. The summed E-state index contributed by atoms with van der Waals surface area (Å²) in [7, 11) is 0.962. The van der Waals surface area contributed by atoms with E-state index in [2.05, 4.69) is 11.3 Å². The van der Waals surface area contributed by atoms with Crippen molar-refractivity contribution in [2.24, 2.45) is 0 Å². The van der Waals surface area contributed by atoms with Crippen molar-refractivity contribution >= 4 is 36.0 Å². The number of hydrogen-bond donors (Lipinski definition) is 7. The number of methoxy groups -OCH3 is 1. The van der Waals surface area contributed by atoms with Gasteiger partial charge in [0.05, 0.1) is 13.5 Å². The number of aliphatic hydroxyl groups is 2. The minimum Gasteiger partial charge on any atom is -0.504 e. The first-order valence-corrected chi connectivity index (χ1v) is 13.5. The van der Waals surface area contributed by atoms with Crippen LogP contribution in [0.25, 0.3) is 12.2 Å². The maximum absolute atomic E-state index is 12.7. The second kappa shape index (κ2) is 15.0. The molecule has 3 rings (SSSR count). The lowest BCUT2D eigenvalue weighted by molar-refractivity contribution is -0.211. The SMILES string of the molecule is C=C(/C=C/c1ccc(O)c(O)c1)OC1CC(OC(=O)CC(O)C(=O)OC)(C(=O)O)CC(OC(=O)/C=C/c2ccc(O)c(O)c2)C1O. The molecule has 1 saturated carbocycles. The Bertz CT molecular complexity index is 1460. The van der Waals surface area contributed by atoms with Gasteiger partial charge in [-0.05, 0) is 47.5 Å². The van der Waals surface area contributed by atoms with Gasteiger partial charge in [0.1, 0.15) is 24.1 Å². The summed E-state index contributed by atoms with van der Waals surface area (Å²) in [5.41, 5.74) is -1.80. The first-order chi connectivity index (χ1) is 21.6. The lowest BCUT2D eigenvalue weighted by Gasteiger charge is -2.43. The van der Waals surface area contributed by atoms with Crippen LogP contribution in [-0.2, 0) is 38.1 Å². The van der Waals surface area contributed by atoms with Crippen molar-refractivity contribution in [2.45, 2.75) is 49.3 Å². The van der Waals surface area contributed by atoms with Crippen molar-refractivity contribution in [3.8, 4) is 23.0 Å². The van der Waals surface area contributed by atoms with Crippen molar-refractivity contribution in [1.82, 2.24) is 0 Å². The van der Waals surface area contributed by atoms with Crippen molar-refractivity contribution in [2.75, 3.05) is 7.11 Å². The normalized spacial score (nSPS) is 21.8. The Hall–Kier alpha value is -5.54. The number of hydrogen-bond acceptors (Lipinski definition) is 14. The molecular weight excluding hydrogens is 612 g/mol. The van der Waals surface area contributed by atoms with Gasteiger partial charge in [-0.2, -0.15) is 0 Å². The molecule has 1 aliphatic carbocycles. The van der Waals surface area contributed by atoms with E-state index in [4.69, 9.17) is 14.2 Å². The molecule has 5 unspecified atom stereocenters. The zero-order chi connectivity index (χ0) is 34.2. The maximum Gasteiger partial charge on any atom is 0.348 e. The summed E-state index contributed by atoms with van der Waals surface area (Å²) < 4.78 is 20.6. The number of aromatic hydroxyl groups is 4. The van der Waals surface area contributed by atoms with Gasteiger partial charge in [-0.25, -0.2) is 14.4 Å². The molecule has 0 spiro atoms. The fraction of sp³-hybridized carbons (Fsp3) is 0.290. The lowest BCUT2D eigenvalue weighted by Crippen LogP contribution is -2.59. The predicted molar refractivity (Wildman–Crippen MR) is 156 cm³/mol. The summed E-state index contributed by atoms with van der Waals surface area (Å²) in [6, 6.07) is 7.60. The second-order valence-corrected chi connectivity index (χ2v) is 10.2. The van der Waals surface area contributed by atoms with E-state index in [0.29, 0.717) is 5.56 Å². The molecule has 0 aromatic heterocycles. The monoisotopic (exact) mass is 644 g/mol. The van der Waals surface area contributed by atoms with E-state index in [9.17, 15) is 54.9 Å². The number of aliphatic carboxylic acids is 1. The van der Waals surface area contributed by atoms with Crippen LogP contribution >= 0.6 is 0 Å². The second-order valence-electron chi connectivity index (χ2n) is 10.2. The molecule has 0 saturated heterocycles. The molecule has 1 aliphatic rings. The summed E-state index contributed by atoms with van der Waals surface area (Å²) >= 11 is 0. The number of allylic oxidation sites excluding steroid dienone is 1. The van der Waals surface area contributed by atoms with Crippen molar-refractivity contribution in [3.63, 3.8) is 0 Å². The van der Waals surface area contributed by atoms with Crippen LogP contribution in [0.5, 0.6) is 23.0 Å². The van der Waals surface area contributed by atoms with Crippen LogP contribution in [0.2, 0.25) is 0 Å². The number of carbonyl (C=O) groups is 4. The molecule has 0 radical (unpaired) electrons. The highest BCUT2D eigenvalue weighted by atomic mass is 16.6. The molecule has 15 heteroatoms. The molecule has 246 valence electrons. The number of rotatable bonds is 12. The Morgan fingerprint density at radius 2 is 1.41 bits per heavy atom. The van der Waals surface area contributed by atoms with Gasteiger partial charge in [-0.1, -0.05) is 24.8 Å². The molecule has 2 aromatic rings. The highest BCUT2D eigenvalue weighted by molar-refractivity contribution is 5.88. The molecule has 0 heterocycles. The number of phenols is 4. The number of ether oxygens (including phenoxy) is 4. The van der Waals surface area contributed by atoms with Gasteiger partial charge < -0.3 is 54.7 Å². The average molecular weight is 645 g/mol. The quantitative estimate of drug-likeness (QED) is 0.0432. The van der Waals surface area contributed by atoms with Crippen LogP contribution in [0.15, 0.2) is 60.9 Å². The Balaban J connectivity index is 1.87. The summed E-state index contributed by atoms with van der Waals surface area (Å²) in [4.78, 5) is 49.4. The number of carbonyl (C=O) groups excluding carboxylic acids is 3. The number of aliphatic hydroxyl groups excluding tert-OH is 2. The Morgan fingerprint density at radius 3 is 1.91 bits per heavy atom. The topological polar surface area (TPSA) is 247 Å². The van der Waals surface area contributed by atoms with Gasteiger partial charge in [-0.15, -0.1) is 0 Å². The predicted octanol–water partition coefficient (Wildman–Crippen LogP) is 1.49. The molecule has 15 nitrogen and oxygen atoms in total. The third-order valence-corrected chi connectivity index (χ3v) is 6.80. The van der Waals surface area contributed by atoms with E-state index >= 15 is 0 Å². The van der Waals surface area contributed by atoms with E-state index in [1.165, 1.54) is 48.6 Å². The number of carboxylic acids is 1. The highest BCUT2D eigenvalue weighted by Gasteiger charge is 2.56. The van der Waals surface area contributed by atoms with Gasteiger partial charge >= 0.3 is 23.9 Å². The first kappa shape index (κ1) is 34.9. The van der Waals surface area contributed by atoms with Crippen LogP contribution < -0.4 is 0 Å². The first-order valence-electron chi connectivity index (χ1n) is 13.5. The van der Waals surface area contributed by atoms with Gasteiger partial charge in [-0.3, -0.25) is 4.79 Å². The fourth-order valence-electron chi connectivity index (χ4n) is 4.44. The Morgan fingerprint density at radius 1 is 0.891 bits per heavy atom. The Kier molecular flexibility index (Phi) is 11.4. The summed E-state index contributed by atoms with van der Waals surface area (Å²) in [5.74, 6) is -7.03. The fourth-order valence-corrected chi connectivity index (χ4v) is 4.44. The summed E-state index contributed by atoms with van der Waals surface area (Å²) in [5, 5.41) is 69.4. The van der Waals surface area contributed by atoms with Gasteiger partial charge in [0.2, 0.25) is 5.60 Å². The average Bonchev–Trinajstić information content (AvgIpc) is 2.99. The van der Waals surface area contributed by atoms with Gasteiger partial charge in [0, 0.05) is 18.9 Å². The zero-order valence-corrected chi connectivity index (χ0v) is 24.3. The van der Waals surface area contributed by atoms with E-state index in [-0.39, 0.29) is 17.1 Å². The van der Waals surface area contributed by atoms with Gasteiger partial charge in [0.25, 0.3) is 0 Å².